The summed E-state index contributed by atoms with van der Waals surface area (Å²) in [5.41, 5.74) is 5.59. The maximum Gasteiger partial charge on any atom is 0.138 e. The normalized spacial score (nSPS) is 13.7. The summed E-state index contributed by atoms with van der Waals surface area (Å²) in [6, 6.07) is 6.98. The van der Waals surface area contributed by atoms with E-state index >= 15 is 0 Å². The molecule has 0 atom stereocenters. The molecule has 4 rings (SSSR count). The van der Waals surface area contributed by atoms with Crippen LogP contribution in [-0.2, 0) is 12.8 Å². The van der Waals surface area contributed by atoms with Crippen molar-refractivity contribution in [1.29, 1.82) is 0 Å². The van der Waals surface area contributed by atoms with E-state index in [0.29, 0.717) is 0 Å². The fourth-order valence-electron chi connectivity index (χ4n) is 4.04. The Kier molecular flexibility index (Phi) is 5.69. The highest BCUT2D eigenvalue weighted by Crippen LogP contribution is 2.41. The highest BCUT2D eigenvalue weighted by Gasteiger charge is 2.18. The molecule has 0 aliphatic heterocycles. The van der Waals surface area contributed by atoms with Gasteiger partial charge in [0.15, 0.2) is 0 Å². The van der Waals surface area contributed by atoms with Crippen LogP contribution in [0.1, 0.15) is 48.1 Å². The van der Waals surface area contributed by atoms with Crippen LogP contribution in [0.25, 0.3) is 21.3 Å². The SMILES string of the molecule is Cc1sc2ncnc(NCCCCCO)c2c1-c1ccc2c(c1)CCCC2. The number of aromatic nitrogens is 2. The van der Waals surface area contributed by atoms with Gasteiger partial charge < -0.3 is 10.4 Å². The van der Waals surface area contributed by atoms with Crippen molar-refractivity contribution in [3.8, 4) is 11.1 Å². The second kappa shape index (κ2) is 8.36. The van der Waals surface area contributed by atoms with E-state index < -0.39 is 0 Å². The maximum absolute atomic E-state index is 8.93. The lowest BCUT2D eigenvalue weighted by Gasteiger charge is -2.17. The summed E-state index contributed by atoms with van der Waals surface area (Å²) < 4.78 is 0. The summed E-state index contributed by atoms with van der Waals surface area (Å²) in [6.07, 6.45) is 9.58. The van der Waals surface area contributed by atoms with E-state index in [9.17, 15) is 0 Å². The molecule has 0 saturated heterocycles. The van der Waals surface area contributed by atoms with E-state index in [1.807, 2.05) is 0 Å². The molecule has 142 valence electrons. The minimum atomic E-state index is 0.268. The minimum Gasteiger partial charge on any atom is -0.396 e. The van der Waals surface area contributed by atoms with E-state index in [1.165, 1.54) is 52.8 Å². The second-order valence-corrected chi connectivity index (χ2v) is 8.54. The molecule has 1 aromatic carbocycles. The average Bonchev–Trinajstić information content (AvgIpc) is 3.04. The molecule has 0 saturated carbocycles. The molecule has 4 nitrogen and oxygen atoms in total. The fourth-order valence-corrected chi connectivity index (χ4v) is 5.05. The molecular weight excluding hydrogens is 354 g/mol. The third-order valence-electron chi connectivity index (χ3n) is 5.43. The first-order valence-corrected chi connectivity index (χ1v) is 10.8. The first-order chi connectivity index (χ1) is 13.3. The summed E-state index contributed by atoms with van der Waals surface area (Å²) in [6.45, 7) is 3.32. The van der Waals surface area contributed by atoms with Crippen LogP contribution in [0.3, 0.4) is 0 Å². The molecule has 0 bridgehead atoms. The maximum atomic E-state index is 8.93. The number of thiophene rings is 1. The van der Waals surface area contributed by atoms with E-state index in [0.717, 1.165) is 41.8 Å². The van der Waals surface area contributed by atoms with Gasteiger partial charge in [-0.3, -0.25) is 0 Å². The highest BCUT2D eigenvalue weighted by atomic mass is 32.1. The first kappa shape index (κ1) is 18.4. The van der Waals surface area contributed by atoms with Crippen molar-refractivity contribution >= 4 is 27.4 Å². The predicted octanol–water partition coefficient (Wildman–Crippen LogP) is 5.12. The van der Waals surface area contributed by atoms with Gasteiger partial charge in [0, 0.05) is 23.6 Å². The monoisotopic (exact) mass is 381 g/mol. The smallest absolute Gasteiger partial charge is 0.138 e. The van der Waals surface area contributed by atoms with Crippen molar-refractivity contribution in [3.63, 3.8) is 0 Å². The molecule has 1 aliphatic rings. The highest BCUT2D eigenvalue weighted by molar-refractivity contribution is 7.19. The summed E-state index contributed by atoms with van der Waals surface area (Å²) in [7, 11) is 0. The van der Waals surface area contributed by atoms with E-state index in [4.69, 9.17) is 5.11 Å². The van der Waals surface area contributed by atoms with Gasteiger partial charge in [-0.1, -0.05) is 18.2 Å². The largest absolute Gasteiger partial charge is 0.396 e. The number of hydrogen-bond acceptors (Lipinski definition) is 5. The van der Waals surface area contributed by atoms with Gasteiger partial charge in [0.25, 0.3) is 0 Å². The summed E-state index contributed by atoms with van der Waals surface area (Å²) in [5, 5.41) is 13.6. The number of nitrogens with zero attached hydrogens (tertiary/aromatic N) is 2. The molecule has 2 heterocycles. The van der Waals surface area contributed by atoms with Crippen LogP contribution in [-0.4, -0.2) is 28.2 Å². The van der Waals surface area contributed by atoms with Crippen LogP contribution >= 0.6 is 11.3 Å². The average molecular weight is 382 g/mol. The van der Waals surface area contributed by atoms with Crippen LogP contribution in [0.2, 0.25) is 0 Å². The van der Waals surface area contributed by atoms with Crippen molar-refractivity contribution in [3.05, 3.63) is 40.5 Å². The molecular formula is C22H27N3OS. The molecule has 0 radical (unpaired) electrons. The summed E-state index contributed by atoms with van der Waals surface area (Å²) in [5.74, 6) is 0.932. The third-order valence-corrected chi connectivity index (χ3v) is 6.44. The van der Waals surface area contributed by atoms with E-state index in [1.54, 1.807) is 17.7 Å². The molecule has 1 aliphatic carbocycles. The lowest BCUT2D eigenvalue weighted by Crippen LogP contribution is -2.05. The van der Waals surface area contributed by atoms with Crippen LogP contribution in [0, 0.1) is 6.92 Å². The number of nitrogens with one attached hydrogen (secondary N) is 1. The molecule has 0 fully saturated rings. The van der Waals surface area contributed by atoms with Crippen molar-refractivity contribution in [2.45, 2.75) is 51.9 Å². The zero-order valence-corrected chi connectivity index (χ0v) is 16.7. The number of benzene rings is 1. The van der Waals surface area contributed by atoms with Crippen LogP contribution < -0.4 is 5.32 Å². The van der Waals surface area contributed by atoms with E-state index in [-0.39, 0.29) is 6.61 Å². The van der Waals surface area contributed by atoms with Crippen LogP contribution in [0.5, 0.6) is 0 Å². The Morgan fingerprint density at radius 2 is 1.93 bits per heavy atom. The van der Waals surface area contributed by atoms with Gasteiger partial charge in [-0.25, -0.2) is 9.97 Å². The Balaban J connectivity index is 1.69. The van der Waals surface area contributed by atoms with Gasteiger partial charge in [0.05, 0.1) is 5.39 Å². The van der Waals surface area contributed by atoms with E-state index in [2.05, 4.69) is 40.4 Å². The topological polar surface area (TPSA) is 58.0 Å². The predicted molar refractivity (Wildman–Crippen MR) is 114 cm³/mol. The number of unbranched alkanes of at least 4 members (excludes halogenated alkanes) is 2. The van der Waals surface area contributed by atoms with Gasteiger partial charge >= 0.3 is 0 Å². The fraction of sp³-hybridized carbons (Fsp3) is 0.455. The number of rotatable bonds is 7. The molecule has 0 amide bonds. The Hall–Kier alpha value is -1.98. The van der Waals surface area contributed by atoms with Crippen LogP contribution in [0.15, 0.2) is 24.5 Å². The molecule has 2 N–H and O–H groups in total. The minimum absolute atomic E-state index is 0.268. The second-order valence-electron chi connectivity index (χ2n) is 7.34. The van der Waals surface area contributed by atoms with Gasteiger partial charge in [-0.2, -0.15) is 0 Å². The number of aryl methyl sites for hydroxylation is 3. The Bertz CT molecular complexity index is 935. The van der Waals surface area contributed by atoms with Crippen molar-refractivity contribution in [2.24, 2.45) is 0 Å². The Morgan fingerprint density at radius 1 is 1.07 bits per heavy atom. The number of anilines is 1. The van der Waals surface area contributed by atoms with Gasteiger partial charge in [-0.15, -0.1) is 11.3 Å². The standard InChI is InChI=1S/C22H27N3OS/c1-15-19(18-10-9-16-7-3-4-8-17(16)13-18)20-21(23-11-5-2-6-12-26)24-14-25-22(20)27-15/h9-10,13-14,26H,2-8,11-12H2,1H3,(H,23,24,25). The molecule has 0 spiro atoms. The summed E-state index contributed by atoms with van der Waals surface area (Å²) in [4.78, 5) is 11.4. The van der Waals surface area contributed by atoms with Gasteiger partial charge in [0.2, 0.25) is 0 Å². The number of hydrogen-bond donors (Lipinski definition) is 2. The molecule has 3 aromatic rings. The number of aliphatic hydroxyl groups excluding tert-OH is 1. The number of aliphatic hydroxyl groups is 1. The van der Waals surface area contributed by atoms with Crippen molar-refractivity contribution < 1.29 is 5.11 Å². The zero-order valence-electron chi connectivity index (χ0n) is 15.9. The molecule has 2 aromatic heterocycles. The van der Waals surface area contributed by atoms with Crippen molar-refractivity contribution in [1.82, 2.24) is 9.97 Å². The lowest BCUT2D eigenvalue weighted by atomic mass is 9.89. The molecule has 5 heteroatoms. The van der Waals surface area contributed by atoms with Gasteiger partial charge in [0.1, 0.15) is 17.0 Å². The zero-order chi connectivity index (χ0) is 18.6. The van der Waals surface area contributed by atoms with Crippen LogP contribution in [0.4, 0.5) is 5.82 Å². The first-order valence-electron chi connectivity index (χ1n) is 9.99. The Morgan fingerprint density at radius 3 is 2.78 bits per heavy atom. The lowest BCUT2D eigenvalue weighted by molar-refractivity contribution is 0.283. The molecule has 0 unspecified atom stereocenters. The quantitative estimate of drug-likeness (QED) is 0.558. The number of fused-ring (bicyclic) bond motifs is 2. The Labute approximate surface area is 164 Å². The van der Waals surface area contributed by atoms with Crippen molar-refractivity contribution in [2.75, 3.05) is 18.5 Å². The molecule has 27 heavy (non-hydrogen) atoms. The van der Waals surface area contributed by atoms with Gasteiger partial charge in [-0.05, 0) is 68.6 Å². The third kappa shape index (κ3) is 3.85. The summed E-state index contributed by atoms with van der Waals surface area (Å²) >= 11 is 1.75.